The van der Waals surface area contributed by atoms with Crippen molar-refractivity contribution >= 4 is 11.5 Å². The van der Waals surface area contributed by atoms with E-state index in [0.717, 1.165) is 18.5 Å². The molecule has 0 radical (unpaired) electrons. The third kappa shape index (κ3) is 3.53. The molecule has 1 rings (SSSR count). The maximum atomic E-state index is 5.35. The van der Waals surface area contributed by atoms with Crippen LogP contribution in [0.25, 0.3) is 0 Å². The Morgan fingerprint density at radius 1 is 1.77 bits per heavy atom. The second-order valence-corrected chi connectivity index (χ2v) is 3.39. The summed E-state index contributed by atoms with van der Waals surface area (Å²) in [6.07, 6.45) is 7.45. The number of rotatable bonds is 5. The molecule has 0 bridgehead atoms. The first-order valence-electron chi connectivity index (χ1n) is 4.32. The van der Waals surface area contributed by atoms with Crippen LogP contribution in [0, 0.1) is 12.3 Å². The van der Waals surface area contributed by atoms with E-state index in [9.17, 15) is 0 Å². The normalized spacial score (nSPS) is 12.3. The van der Waals surface area contributed by atoms with Gasteiger partial charge in [0.2, 0.25) is 0 Å². The molecule has 0 saturated carbocycles. The molecule has 0 aliphatic rings. The molecule has 0 aromatic carbocycles. The summed E-state index contributed by atoms with van der Waals surface area (Å²) in [4.78, 5) is 0. The predicted octanol–water partition coefficient (Wildman–Crippen LogP) is 1.43. The molecule has 1 heterocycles. The van der Waals surface area contributed by atoms with Crippen molar-refractivity contribution in [2.75, 3.05) is 0 Å². The van der Waals surface area contributed by atoms with Crippen molar-refractivity contribution in [3.05, 3.63) is 11.1 Å². The van der Waals surface area contributed by atoms with Crippen LogP contribution in [0.2, 0.25) is 0 Å². The molecular formula is C9H13N3S. The second kappa shape index (κ2) is 5.68. The fourth-order valence-corrected chi connectivity index (χ4v) is 1.47. The average Bonchev–Trinajstić information content (AvgIpc) is 2.64. The van der Waals surface area contributed by atoms with Crippen LogP contribution in [0.15, 0.2) is 5.38 Å². The monoisotopic (exact) mass is 195 g/mol. The number of hydrogen-bond acceptors (Lipinski definition) is 4. The van der Waals surface area contributed by atoms with E-state index in [2.05, 4.69) is 27.7 Å². The SMILES string of the molecule is C#CC(CCC)NCc1csnn1. The predicted molar refractivity (Wildman–Crippen MR) is 54.3 cm³/mol. The minimum atomic E-state index is 0.159. The Labute approximate surface area is 82.7 Å². The minimum Gasteiger partial charge on any atom is -0.298 e. The Balaban J connectivity index is 2.29. The Kier molecular flexibility index (Phi) is 4.44. The first kappa shape index (κ1) is 10.2. The third-order valence-corrected chi connectivity index (χ3v) is 2.27. The number of nitrogens with zero attached hydrogens (tertiary/aromatic N) is 2. The van der Waals surface area contributed by atoms with Crippen molar-refractivity contribution in [3.8, 4) is 12.3 Å². The molecule has 1 aromatic rings. The molecule has 0 aliphatic heterocycles. The van der Waals surface area contributed by atoms with Gasteiger partial charge in [-0.3, -0.25) is 5.32 Å². The molecule has 1 unspecified atom stereocenters. The van der Waals surface area contributed by atoms with Gasteiger partial charge in [-0.2, -0.15) is 0 Å². The molecular weight excluding hydrogens is 182 g/mol. The Bertz CT molecular complexity index is 263. The number of nitrogens with one attached hydrogen (secondary N) is 1. The molecule has 3 nitrogen and oxygen atoms in total. The summed E-state index contributed by atoms with van der Waals surface area (Å²) in [5.74, 6) is 2.71. The topological polar surface area (TPSA) is 37.8 Å². The van der Waals surface area contributed by atoms with E-state index in [0.29, 0.717) is 6.54 Å². The molecule has 1 aromatic heterocycles. The lowest BCUT2D eigenvalue weighted by Gasteiger charge is -2.09. The molecule has 0 fully saturated rings. The lowest BCUT2D eigenvalue weighted by Crippen LogP contribution is -2.26. The quantitative estimate of drug-likeness (QED) is 0.722. The Morgan fingerprint density at radius 2 is 2.62 bits per heavy atom. The van der Waals surface area contributed by atoms with Gasteiger partial charge in [-0.25, -0.2) is 0 Å². The zero-order valence-corrected chi connectivity index (χ0v) is 8.47. The molecule has 1 atom stereocenters. The smallest absolute Gasteiger partial charge is 0.0893 e. The summed E-state index contributed by atoms with van der Waals surface area (Å²) in [5.41, 5.74) is 0.960. The van der Waals surface area contributed by atoms with Crippen LogP contribution in [0.5, 0.6) is 0 Å². The molecule has 13 heavy (non-hydrogen) atoms. The highest BCUT2D eigenvalue weighted by atomic mass is 32.1. The molecule has 1 N–H and O–H groups in total. The van der Waals surface area contributed by atoms with Crippen LogP contribution in [0.1, 0.15) is 25.5 Å². The molecule has 0 spiro atoms. The van der Waals surface area contributed by atoms with Crippen molar-refractivity contribution in [2.45, 2.75) is 32.4 Å². The molecule has 70 valence electrons. The maximum absolute atomic E-state index is 5.35. The standard InChI is InChI=1S/C9H13N3S/c1-3-5-8(4-2)10-6-9-7-13-12-11-9/h2,7-8,10H,3,5-6H2,1H3. The van der Waals surface area contributed by atoms with Crippen LogP contribution in [0.3, 0.4) is 0 Å². The van der Waals surface area contributed by atoms with E-state index in [1.165, 1.54) is 11.5 Å². The molecule has 4 heteroatoms. The lowest BCUT2D eigenvalue weighted by atomic mass is 10.2. The van der Waals surface area contributed by atoms with Crippen LogP contribution >= 0.6 is 11.5 Å². The van der Waals surface area contributed by atoms with Gasteiger partial charge in [0, 0.05) is 11.9 Å². The van der Waals surface area contributed by atoms with E-state index in [-0.39, 0.29) is 6.04 Å². The number of aromatic nitrogens is 2. The van der Waals surface area contributed by atoms with Gasteiger partial charge in [0.15, 0.2) is 0 Å². The van der Waals surface area contributed by atoms with Gasteiger partial charge in [0.05, 0.1) is 11.7 Å². The largest absolute Gasteiger partial charge is 0.298 e. The van der Waals surface area contributed by atoms with Gasteiger partial charge in [-0.05, 0) is 18.0 Å². The summed E-state index contributed by atoms with van der Waals surface area (Å²) >= 11 is 1.36. The van der Waals surface area contributed by atoms with Crippen molar-refractivity contribution in [3.63, 3.8) is 0 Å². The van der Waals surface area contributed by atoms with E-state index in [4.69, 9.17) is 6.42 Å². The van der Waals surface area contributed by atoms with Crippen LogP contribution < -0.4 is 5.32 Å². The van der Waals surface area contributed by atoms with Gasteiger partial charge in [0.1, 0.15) is 0 Å². The van der Waals surface area contributed by atoms with Crippen molar-refractivity contribution in [1.29, 1.82) is 0 Å². The zero-order valence-electron chi connectivity index (χ0n) is 7.66. The minimum absolute atomic E-state index is 0.159. The van der Waals surface area contributed by atoms with E-state index >= 15 is 0 Å². The first-order chi connectivity index (χ1) is 6.36. The Morgan fingerprint density at radius 3 is 3.15 bits per heavy atom. The zero-order chi connectivity index (χ0) is 9.52. The van der Waals surface area contributed by atoms with Crippen molar-refractivity contribution in [2.24, 2.45) is 0 Å². The van der Waals surface area contributed by atoms with E-state index < -0.39 is 0 Å². The lowest BCUT2D eigenvalue weighted by molar-refractivity contribution is 0.557. The fourth-order valence-electron chi connectivity index (χ4n) is 1.02. The number of terminal acetylenes is 1. The van der Waals surface area contributed by atoms with Crippen molar-refractivity contribution < 1.29 is 0 Å². The average molecular weight is 195 g/mol. The van der Waals surface area contributed by atoms with Gasteiger partial charge in [-0.1, -0.05) is 23.8 Å². The van der Waals surface area contributed by atoms with Crippen LogP contribution in [0.4, 0.5) is 0 Å². The molecule has 0 aliphatic carbocycles. The molecule has 0 saturated heterocycles. The van der Waals surface area contributed by atoms with Crippen LogP contribution in [-0.2, 0) is 6.54 Å². The van der Waals surface area contributed by atoms with Gasteiger partial charge in [-0.15, -0.1) is 11.5 Å². The van der Waals surface area contributed by atoms with Gasteiger partial charge >= 0.3 is 0 Å². The highest BCUT2D eigenvalue weighted by Gasteiger charge is 2.03. The molecule has 0 amide bonds. The summed E-state index contributed by atoms with van der Waals surface area (Å²) in [5, 5.41) is 9.08. The van der Waals surface area contributed by atoms with Gasteiger partial charge in [0.25, 0.3) is 0 Å². The fraction of sp³-hybridized carbons (Fsp3) is 0.556. The summed E-state index contributed by atoms with van der Waals surface area (Å²) in [6.45, 7) is 2.84. The first-order valence-corrected chi connectivity index (χ1v) is 5.16. The number of hydrogen-bond donors (Lipinski definition) is 1. The highest BCUT2D eigenvalue weighted by Crippen LogP contribution is 1.99. The summed E-state index contributed by atoms with van der Waals surface area (Å²) in [6, 6.07) is 0.159. The summed E-state index contributed by atoms with van der Waals surface area (Å²) < 4.78 is 3.77. The van der Waals surface area contributed by atoms with Gasteiger partial charge < -0.3 is 0 Å². The van der Waals surface area contributed by atoms with Crippen molar-refractivity contribution in [1.82, 2.24) is 14.9 Å². The van der Waals surface area contributed by atoms with E-state index in [1.54, 1.807) is 0 Å². The third-order valence-electron chi connectivity index (χ3n) is 1.71. The van der Waals surface area contributed by atoms with Crippen LogP contribution in [-0.4, -0.2) is 15.6 Å². The second-order valence-electron chi connectivity index (χ2n) is 2.79. The maximum Gasteiger partial charge on any atom is 0.0893 e. The summed E-state index contributed by atoms with van der Waals surface area (Å²) in [7, 11) is 0. The van der Waals surface area contributed by atoms with E-state index in [1.807, 2.05) is 5.38 Å². The Hall–Kier alpha value is -0.920. The highest BCUT2D eigenvalue weighted by molar-refractivity contribution is 7.03.